The molecule has 0 heterocycles. The molecule has 12 heteroatoms. The number of rotatable bonds is 0. The molecule has 10 nitrogen and oxygen atoms in total. The first-order valence-electron chi connectivity index (χ1n) is 0.632. The van der Waals surface area contributed by atoms with Crippen LogP contribution in [0.1, 0.15) is 0 Å². The summed E-state index contributed by atoms with van der Waals surface area (Å²) in [6.45, 7) is 0. The molecule has 0 aliphatic rings. The largest absolute Gasteiger partial charge is 0.412 e. The molecule has 0 rings (SSSR count). The maximum absolute atomic E-state index is 8.60. The maximum atomic E-state index is 8.60. The van der Waals surface area contributed by atoms with Crippen molar-refractivity contribution in [1.82, 2.24) is 0 Å². The van der Waals surface area contributed by atoms with Crippen LogP contribution in [-0.4, -0.2) is 37.5 Å². The van der Waals surface area contributed by atoms with E-state index in [-0.39, 0.29) is 49.9 Å². The number of hydrogen-bond donors (Lipinski definition) is 1. The van der Waals surface area contributed by atoms with Gasteiger partial charge in [0.15, 0.2) is 0 Å². The molecule has 0 atom stereocenters. The van der Waals surface area contributed by atoms with E-state index in [1.165, 1.54) is 0 Å². The third kappa shape index (κ3) is 5500. The van der Waals surface area contributed by atoms with Crippen LogP contribution in [-0.2, 0) is 17.1 Å². The van der Waals surface area contributed by atoms with Crippen molar-refractivity contribution in [2.45, 2.75) is 0 Å². The normalized spacial score (nSPS) is 5.00. The van der Waals surface area contributed by atoms with E-state index < -0.39 is 10.2 Å². The van der Waals surface area contributed by atoms with E-state index >= 15 is 0 Å². The second-order valence-corrected chi connectivity index (χ2v) is 1.19. The molecule has 12 heavy (non-hydrogen) atoms. The van der Waals surface area contributed by atoms with Crippen LogP contribution in [0.15, 0.2) is 0 Å². The van der Waals surface area contributed by atoms with Gasteiger partial charge >= 0.3 is 0 Å². The standard InChI is InChI=1S/ClHO4.Cu.6H2O/c2-1(3,4)5;;;;;;;/h(H,2,3,4,5);;6*1H2. The fourth-order valence-corrected chi connectivity index (χ4v) is 0. The Balaban J connectivity index is -0.00000000381. The Bertz CT molecular complexity index is 25.3. The van der Waals surface area contributed by atoms with Crippen molar-refractivity contribution in [2.24, 2.45) is 0 Å². The fraction of sp³-hybridized carbons (Fsp3) is 0. The van der Waals surface area contributed by atoms with E-state index in [0.717, 1.165) is 0 Å². The zero-order valence-electron chi connectivity index (χ0n) is 5.35. The molecular weight excluding hydrogens is 259 g/mol. The van der Waals surface area contributed by atoms with E-state index in [4.69, 9.17) is 18.6 Å². The molecule has 0 unspecified atom stereocenters. The van der Waals surface area contributed by atoms with Gasteiger partial charge in [-0.15, -0.1) is 0 Å². The third-order valence-corrected chi connectivity index (χ3v) is 0. The monoisotopic (exact) mass is 271 g/mol. The Morgan fingerprint density at radius 1 is 0.667 bits per heavy atom. The Morgan fingerprint density at radius 3 is 0.667 bits per heavy atom. The summed E-state index contributed by atoms with van der Waals surface area (Å²) in [7, 11) is -4.69. The Kier molecular flexibility index (Phi) is 208. The molecule has 1 radical (unpaired) electrons. The van der Waals surface area contributed by atoms with Crippen LogP contribution in [0.25, 0.3) is 0 Å². The van der Waals surface area contributed by atoms with E-state index in [1.807, 2.05) is 0 Å². The van der Waals surface area contributed by atoms with Gasteiger partial charge in [-0.2, -0.15) is 14.0 Å². The predicted molar refractivity (Wildman–Crippen MR) is 23.9 cm³/mol. The van der Waals surface area contributed by atoms with Crippen LogP contribution in [0.5, 0.6) is 0 Å². The molecule has 13 N–H and O–H groups in total. The summed E-state index contributed by atoms with van der Waals surface area (Å²) in [5, 5.41) is 0. The number of hydrogen-bond acceptors (Lipinski definition) is 4. The van der Waals surface area contributed by atoms with Gasteiger partial charge in [-0.25, -0.2) is 0 Å². The van der Waals surface area contributed by atoms with Crippen molar-refractivity contribution < 1.29 is 78.8 Å². The molecule has 0 saturated carbocycles. The van der Waals surface area contributed by atoms with Crippen molar-refractivity contribution in [3.63, 3.8) is 0 Å². The zero-order valence-corrected chi connectivity index (χ0v) is 7.05. The smallest absolute Gasteiger partial charge is 0.0777 e. The molecule has 0 bridgehead atoms. The van der Waals surface area contributed by atoms with Crippen LogP contribution in [0.3, 0.4) is 0 Å². The van der Waals surface area contributed by atoms with Crippen LogP contribution in [0, 0.1) is 10.2 Å². The molecule has 91 valence electrons. The molecule has 0 aliphatic heterocycles. The minimum absolute atomic E-state index is 0. The van der Waals surface area contributed by atoms with E-state index in [9.17, 15) is 0 Å². The summed E-state index contributed by atoms with van der Waals surface area (Å²) in [6.07, 6.45) is 0. The predicted octanol–water partition coefficient (Wildman–Crippen LogP) is -9.07. The van der Waals surface area contributed by atoms with Crippen molar-refractivity contribution in [1.29, 1.82) is 0 Å². The zero-order chi connectivity index (χ0) is 4.50. The summed E-state index contributed by atoms with van der Waals surface area (Å²) >= 11 is 0. The summed E-state index contributed by atoms with van der Waals surface area (Å²) in [5.74, 6) is 0. The Labute approximate surface area is 79.5 Å². The minimum atomic E-state index is -4.69. The van der Waals surface area contributed by atoms with Crippen LogP contribution in [0.2, 0.25) is 0 Å². The molecule has 0 aliphatic carbocycles. The van der Waals surface area contributed by atoms with Crippen LogP contribution in [0.4, 0.5) is 0 Å². The number of halogens is 1. The molecular formula is H13ClCuO10. The van der Waals surface area contributed by atoms with Gasteiger partial charge in [0.2, 0.25) is 0 Å². The first-order chi connectivity index (χ1) is 2.00. The summed E-state index contributed by atoms with van der Waals surface area (Å²) < 4.78 is 32.7. The summed E-state index contributed by atoms with van der Waals surface area (Å²) in [4.78, 5) is 0. The molecule has 0 fully saturated rings. The van der Waals surface area contributed by atoms with E-state index in [1.54, 1.807) is 0 Å². The second kappa shape index (κ2) is 30.1. The average Bonchev–Trinajstić information content (AvgIpc) is 0.722. The van der Waals surface area contributed by atoms with Crippen LogP contribution < -0.4 is 14.0 Å². The Morgan fingerprint density at radius 2 is 0.667 bits per heavy atom. The van der Waals surface area contributed by atoms with Crippen molar-refractivity contribution in [2.75, 3.05) is 0 Å². The third-order valence-electron chi connectivity index (χ3n) is 0. The molecule has 0 aromatic carbocycles. The van der Waals surface area contributed by atoms with Gasteiger partial charge in [0.05, 0.1) is 14.9 Å². The van der Waals surface area contributed by atoms with Gasteiger partial charge < -0.3 is 32.9 Å². The van der Waals surface area contributed by atoms with Gasteiger partial charge in [0.1, 0.15) is 0 Å². The molecule has 0 saturated heterocycles. The summed E-state index contributed by atoms with van der Waals surface area (Å²) in [5.41, 5.74) is 0. The molecule has 0 aromatic rings. The van der Waals surface area contributed by atoms with Gasteiger partial charge in [-0.1, -0.05) is 0 Å². The van der Waals surface area contributed by atoms with E-state index in [2.05, 4.69) is 0 Å². The second-order valence-electron chi connectivity index (χ2n) is 0.396. The van der Waals surface area contributed by atoms with Gasteiger partial charge in [0, 0.05) is 17.1 Å². The van der Waals surface area contributed by atoms with Gasteiger partial charge in [-0.05, 0) is 0 Å². The van der Waals surface area contributed by atoms with Crippen molar-refractivity contribution >= 4 is 0 Å². The first-order valence-corrected chi connectivity index (χ1v) is 1.90. The van der Waals surface area contributed by atoms with Gasteiger partial charge in [0.25, 0.3) is 0 Å². The minimum Gasteiger partial charge on any atom is -0.412 e. The van der Waals surface area contributed by atoms with Crippen molar-refractivity contribution in [3.8, 4) is 0 Å². The summed E-state index contributed by atoms with van der Waals surface area (Å²) in [6, 6.07) is 0. The van der Waals surface area contributed by atoms with Crippen LogP contribution >= 0.6 is 0 Å². The molecule has 0 aromatic heterocycles. The molecule has 0 amide bonds. The van der Waals surface area contributed by atoms with E-state index in [0.29, 0.717) is 0 Å². The van der Waals surface area contributed by atoms with Crippen molar-refractivity contribution in [3.05, 3.63) is 0 Å². The topological polar surface area (TPSA) is 278 Å². The Hall–Kier alpha value is 0.409. The maximum Gasteiger partial charge on any atom is 0.0777 e. The average molecular weight is 272 g/mol. The molecule has 0 spiro atoms. The fourth-order valence-electron chi connectivity index (χ4n) is 0. The SMILES string of the molecule is O.O.O.O.O.O.[Cu].[O-][Cl+3]([O-])([O-])O. The first kappa shape index (κ1) is 83.1. The quantitative estimate of drug-likeness (QED) is 0.419. The van der Waals surface area contributed by atoms with Gasteiger partial charge in [-0.3, -0.25) is 0 Å².